The van der Waals surface area contributed by atoms with Crippen molar-refractivity contribution in [1.82, 2.24) is 0 Å². The molecule has 1 unspecified atom stereocenters. The third-order valence-electron chi connectivity index (χ3n) is 8.75. The number of phosphoric acid groups is 1. The molecule has 0 saturated carbocycles. The van der Waals surface area contributed by atoms with Crippen LogP contribution in [0.3, 0.4) is 0 Å². The molecule has 0 aliphatic rings. The van der Waals surface area contributed by atoms with Gasteiger partial charge in [-0.05, 0) is 57.8 Å². The Morgan fingerprint density at radius 3 is 1.56 bits per heavy atom. The molecule has 0 aromatic carbocycles. The van der Waals surface area contributed by atoms with Crippen LogP contribution < -0.4 is 0 Å². The fraction of sp³-hybridized carbons (Fsp3) is 0.727. The molecule has 3 N–H and O–H groups in total. The summed E-state index contributed by atoms with van der Waals surface area (Å²) in [6.45, 7) is 2.19. The Hall–Kier alpha value is -2.33. The zero-order chi connectivity index (χ0) is 40.5. The van der Waals surface area contributed by atoms with Gasteiger partial charge in [-0.15, -0.1) is 0 Å². The van der Waals surface area contributed by atoms with E-state index in [0.717, 1.165) is 57.8 Å². The fourth-order valence-electron chi connectivity index (χ4n) is 5.47. The number of carbonyl (C=O) groups is 2. The van der Waals surface area contributed by atoms with Gasteiger partial charge in [0, 0.05) is 12.8 Å². The monoisotopic (exact) mass is 797 g/mol. The first-order valence-corrected chi connectivity index (χ1v) is 22.8. The molecule has 0 amide bonds. The van der Waals surface area contributed by atoms with Crippen molar-refractivity contribution < 1.29 is 47.8 Å². The lowest BCUT2D eigenvalue weighted by atomic mass is 10.1. The summed E-state index contributed by atoms with van der Waals surface area (Å²) in [6.07, 6.45) is 43.2. The van der Waals surface area contributed by atoms with Crippen LogP contribution in [0.15, 0.2) is 60.8 Å². The first kappa shape index (κ1) is 52.7. The number of hydrogen-bond donors (Lipinski definition) is 3. The highest BCUT2D eigenvalue weighted by Gasteiger charge is 2.27. The van der Waals surface area contributed by atoms with E-state index < -0.39 is 51.8 Å². The second-order valence-electron chi connectivity index (χ2n) is 14.1. The lowest BCUT2D eigenvalue weighted by Crippen LogP contribution is -2.29. The molecule has 0 radical (unpaired) electrons. The minimum absolute atomic E-state index is 0.174. The van der Waals surface area contributed by atoms with Crippen LogP contribution in [0.1, 0.15) is 168 Å². The third-order valence-corrected chi connectivity index (χ3v) is 9.70. The van der Waals surface area contributed by atoms with Crippen LogP contribution in [0.5, 0.6) is 0 Å². The van der Waals surface area contributed by atoms with Crippen LogP contribution in [0.4, 0.5) is 0 Å². The van der Waals surface area contributed by atoms with Crippen molar-refractivity contribution in [2.45, 2.75) is 180 Å². The van der Waals surface area contributed by atoms with E-state index in [1.807, 2.05) is 36.5 Å². The number of esters is 2. The number of aliphatic hydroxyl groups excluding tert-OH is 2. The van der Waals surface area contributed by atoms with E-state index in [0.29, 0.717) is 12.8 Å². The van der Waals surface area contributed by atoms with Gasteiger partial charge in [0.1, 0.15) is 12.7 Å². The number of carbonyl (C=O) groups excluding carboxylic acids is 2. The third kappa shape index (κ3) is 39.7. The predicted octanol–water partition coefficient (Wildman–Crippen LogP) is 11.1. The summed E-state index contributed by atoms with van der Waals surface area (Å²) in [5.41, 5.74) is 0. The molecule has 0 aromatic heterocycles. The number of hydrogen-bond acceptors (Lipinski definition) is 9. The summed E-state index contributed by atoms with van der Waals surface area (Å²) in [6, 6.07) is 0. The Kier molecular flexibility index (Phi) is 38.2. The van der Waals surface area contributed by atoms with Gasteiger partial charge >= 0.3 is 19.8 Å². The molecule has 0 heterocycles. The topological polar surface area (TPSA) is 149 Å². The summed E-state index contributed by atoms with van der Waals surface area (Å²) in [7, 11) is -4.62. The summed E-state index contributed by atoms with van der Waals surface area (Å²) in [5, 5.41) is 18.3. The van der Waals surface area contributed by atoms with Crippen LogP contribution in [-0.4, -0.2) is 65.7 Å². The maximum absolute atomic E-state index is 12.6. The van der Waals surface area contributed by atoms with E-state index in [-0.39, 0.29) is 19.4 Å². The van der Waals surface area contributed by atoms with Crippen LogP contribution in [0, 0.1) is 0 Å². The minimum Gasteiger partial charge on any atom is -0.462 e. The van der Waals surface area contributed by atoms with E-state index in [9.17, 15) is 24.2 Å². The first-order chi connectivity index (χ1) is 26.7. The zero-order valence-electron chi connectivity index (χ0n) is 34.4. The predicted molar refractivity (Wildman–Crippen MR) is 224 cm³/mol. The zero-order valence-corrected chi connectivity index (χ0v) is 35.3. The second-order valence-corrected chi connectivity index (χ2v) is 15.5. The van der Waals surface area contributed by atoms with E-state index in [1.54, 1.807) is 0 Å². The number of phosphoric ester groups is 1. The summed E-state index contributed by atoms with van der Waals surface area (Å²) in [5.74, 6) is -0.957. The van der Waals surface area contributed by atoms with Gasteiger partial charge < -0.3 is 24.6 Å². The minimum atomic E-state index is -4.62. The Labute approximate surface area is 334 Å². The molecule has 0 aliphatic heterocycles. The van der Waals surface area contributed by atoms with Gasteiger partial charge in [-0.2, -0.15) is 0 Å². The van der Waals surface area contributed by atoms with Gasteiger partial charge in [-0.1, -0.05) is 158 Å². The second kappa shape index (κ2) is 39.9. The molecule has 0 rings (SSSR count). The first-order valence-electron chi connectivity index (χ1n) is 21.3. The standard InChI is InChI=1S/C44H77O10P/c1-3-5-7-9-11-13-15-17-19-20-22-24-26-28-30-32-34-36-44(48)54-42(40-53-55(49,50)52-38-41(46)37-45)39-51-43(47)35-33-31-29-27-25-23-21-18-16-14-12-10-8-6-4-2/h6,8,10,12-16,18,21,41-42,45-46H,3-5,7,9,11,17,19-20,22-40H2,1-2H3,(H,49,50)/b8-6+,12-10+,15-13+,16-14+,21-18+/t41-,42+/m0/s1. The van der Waals surface area contributed by atoms with Gasteiger partial charge in [0.15, 0.2) is 6.10 Å². The van der Waals surface area contributed by atoms with Crippen LogP contribution in [0.2, 0.25) is 0 Å². The maximum atomic E-state index is 12.6. The Morgan fingerprint density at radius 1 is 0.564 bits per heavy atom. The average molecular weight is 797 g/mol. The molecular formula is C44H77O10P. The quantitative estimate of drug-likeness (QED) is 0.0180. The number of allylic oxidation sites excluding steroid dienone is 10. The van der Waals surface area contributed by atoms with Gasteiger partial charge in [-0.3, -0.25) is 18.6 Å². The number of ether oxygens (including phenoxy) is 2. The SMILES string of the molecule is CC/C=C/C=C/C=C/C=C/CCCCCCCC(=O)OC[C@H](COP(=O)(O)OC[C@@H](O)CO)OC(=O)CCCCCCCCCCC/C=C/CCCCCC. The maximum Gasteiger partial charge on any atom is 0.472 e. The molecule has 0 spiro atoms. The van der Waals surface area contributed by atoms with E-state index in [2.05, 4.69) is 42.7 Å². The van der Waals surface area contributed by atoms with Crippen LogP contribution in [-0.2, 0) is 32.7 Å². The molecule has 0 aliphatic carbocycles. The summed E-state index contributed by atoms with van der Waals surface area (Å²) in [4.78, 5) is 35.0. The lowest BCUT2D eigenvalue weighted by molar-refractivity contribution is -0.161. The molecule has 10 nitrogen and oxygen atoms in total. The Morgan fingerprint density at radius 2 is 1.02 bits per heavy atom. The van der Waals surface area contributed by atoms with Crippen molar-refractivity contribution in [3.8, 4) is 0 Å². The molecular weight excluding hydrogens is 719 g/mol. The van der Waals surface area contributed by atoms with Crippen LogP contribution >= 0.6 is 7.82 Å². The highest BCUT2D eigenvalue weighted by Crippen LogP contribution is 2.43. The van der Waals surface area contributed by atoms with Crippen LogP contribution in [0.25, 0.3) is 0 Å². The fourth-order valence-corrected chi connectivity index (χ4v) is 6.26. The highest BCUT2D eigenvalue weighted by molar-refractivity contribution is 7.47. The molecule has 0 bridgehead atoms. The lowest BCUT2D eigenvalue weighted by Gasteiger charge is -2.20. The highest BCUT2D eigenvalue weighted by atomic mass is 31.2. The van der Waals surface area contributed by atoms with Gasteiger partial charge in [-0.25, -0.2) is 4.57 Å². The molecule has 318 valence electrons. The van der Waals surface area contributed by atoms with Gasteiger partial charge in [0.25, 0.3) is 0 Å². The van der Waals surface area contributed by atoms with Gasteiger partial charge in [0.2, 0.25) is 0 Å². The number of rotatable bonds is 39. The van der Waals surface area contributed by atoms with Crippen molar-refractivity contribution in [1.29, 1.82) is 0 Å². The molecule has 0 aromatic rings. The molecule has 0 saturated heterocycles. The normalized spacial score (nSPS) is 14.5. The average Bonchev–Trinajstić information content (AvgIpc) is 3.17. The molecule has 0 fully saturated rings. The Balaban J connectivity index is 4.34. The molecule has 3 atom stereocenters. The van der Waals surface area contributed by atoms with Crippen molar-refractivity contribution in [2.75, 3.05) is 26.4 Å². The number of aliphatic hydroxyl groups is 2. The van der Waals surface area contributed by atoms with Gasteiger partial charge in [0.05, 0.1) is 19.8 Å². The van der Waals surface area contributed by atoms with E-state index in [4.69, 9.17) is 19.1 Å². The Bertz CT molecular complexity index is 1100. The number of unbranched alkanes of at least 4 members (excludes halogenated alkanes) is 18. The van der Waals surface area contributed by atoms with Crippen molar-refractivity contribution in [3.05, 3.63) is 60.8 Å². The molecule has 55 heavy (non-hydrogen) atoms. The van der Waals surface area contributed by atoms with Crippen molar-refractivity contribution >= 4 is 19.8 Å². The summed E-state index contributed by atoms with van der Waals surface area (Å²) >= 11 is 0. The largest absolute Gasteiger partial charge is 0.472 e. The van der Waals surface area contributed by atoms with E-state index >= 15 is 0 Å². The van der Waals surface area contributed by atoms with E-state index in [1.165, 1.54) is 70.6 Å². The smallest absolute Gasteiger partial charge is 0.462 e. The molecule has 11 heteroatoms. The summed E-state index contributed by atoms with van der Waals surface area (Å²) < 4.78 is 32.7. The van der Waals surface area contributed by atoms with Crippen molar-refractivity contribution in [2.24, 2.45) is 0 Å². The van der Waals surface area contributed by atoms with Crippen molar-refractivity contribution in [3.63, 3.8) is 0 Å².